The maximum absolute atomic E-state index is 12.4. The molecule has 0 radical (unpaired) electrons. The van der Waals surface area contributed by atoms with Crippen LogP contribution in [-0.4, -0.2) is 11.6 Å². The molecule has 0 N–H and O–H groups in total. The zero-order chi connectivity index (χ0) is 18.5. The Balaban J connectivity index is 1.76. The molecule has 0 saturated carbocycles. The number of carbonyl (C=O) groups is 2. The lowest BCUT2D eigenvalue weighted by Crippen LogP contribution is -2.09. The van der Waals surface area contributed by atoms with Gasteiger partial charge in [-0.25, -0.2) is 0 Å². The van der Waals surface area contributed by atoms with Gasteiger partial charge in [-0.1, -0.05) is 84.9 Å². The van der Waals surface area contributed by atoms with Crippen LogP contribution in [0.4, 0.5) is 0 Å². The summed E-state index contributed by atoms with van der Waals surface area (Å²) in [5.74, 6) is -0.328. The van der Waals surface area contributed by atoms with Crippen LogP contribution in [0.2, 0.25) is 0 Å². The van der Waals surface area contributed by atoms with E-state index in [0.29, 0.717) is 22.3 Å². The molecule has 0 amide bonds. The highest BCUT2D eigenvalue weighted by molar-refractivity contribution is 6.34. The first kappa shape index (κ1) is 18.4. The van der Waals surface area contributed by atoms with E-state index >= 15 is 0 Å². The Bertz CT molecular complexity index is 814. The molecule has 4 heteroatoms. The predicted octanol–water partition coefficient (Wildman–Crippen LogP) is 6.01. The highest BCUT2D eigenvalue weighted by atomic mass is 35.5. The highest BCUT2D eigenvalue weighted by Crippen LogP contribution is 2.29. The third-order valence-electron chi connectivity index (χ3n) is 4.10. The molecule has 0 fully saturated rings. The number of rotatable bonds is 6. The number of benzene rings is 3. The third kappa shape index (κ3) is 4.04. The van der Waals surface area contributed by atoms with Gasteiger partial charge in [0.15, 0.2) is 11.6 Å². The number of alkyl halides is 2. The zero-order valence-corrected chi connectivity index (χ0v) is 15.3. The Labute approximate surface area is 162 Å². The summed E-state index contributed by atoms with van der Waals surface area (Å²) in [6.07, 6.45) is 0. The number of carbonyl (C=O) groups excluding carboxylic acids is 2. The van der Waals surface area contributed by atoms with Crippen molar-refractivity contribution in [3.8, 4) is 0 Å². The molecule has 0 spiro atoms. The Hall–Kier alpha value is -2.42. The van der Waals surface area contributed by atoms with Crippen molar-refractivity contribution in [1.82, 2.24) is 0 Å². The van der Waals surface area contributed by atoms with Crippen molar-refractivity contribution in [3.05, 3.63) is 107 Å². The SMILES string of the molecule is O=C(c1ccccc1)C(Cl)c1ccc(C(Cl)C(=O)c2ccccc2)cc1. The maximum Gasteiger partial charge on any atom is 0.185 e. The van der Waals surface area contributed by atoms with Gasteiger partial charge in [0.05, 0.1) is 0 Å². The number of hydrogen-bond donors (Lipinski definition) is 0. The smallest absolute Gasteiger partial charge is 0.185 e. The van der Waals surface area contributed by atoms with Gasteiger partial charge in [0, 0.05) is 11.1 Å². The van der Waals surface area contributed by atoms with E-state index in [4.69, 9.17) is 23.2 Å². The highest BCUT2D eigenvalue weighted by Gasteiger charge is 2.22. The van der Waals surface area contributed by atoms with Gasteiger partial charge in [0.2, 0.25) is 0 Å². The van der Waals surface area contributed by atoms with Crippen LogP contribution < -0.4 is 0 Å². The van der Waals surface area contributed by atoms with Crippen LogP contribution in [0, 0.1) is 0 Å². The van der Waals surface area contributed by atoms with Crippen molar-refractivity contribution in [3.63, 3.8) is 0 Å². The minimum absolute atomic E-state index is 0.164. The fourth-order valence-corrected chi connectivity index (χ4v) is 3.18. The van der Waals surface area contributed by atoms with E-state index in [0.717, 1.165) is 0 Å². The Morgan fingerprint density at radius 1 is 0.538 bits per heavy atom. The molecule has 3 aromatic rings. The van der Waals surface area contributed by atoms with E-state index in [1.165, 1.54) is 0 Å². The molecule has 0 heterocycles. The molecule has 0 aliphatic carbocycles. The van der Waals surface area contributed by atoms with Crippen LogP contribution in [0.15, 0.2) is 84.9 Å². The summed E-state index contributed by atoms with van der Waals surface area (Å²) in [6, 6.07) is 24.8. The average Bonchev–Trinajstić information content (AvgIpc) is 2.73. The largest absolute Gasteiger partial charge is 0.292 e. The minimum atomic E-state index is -0.787. The first-order valence-electron chi connectivity index (χ1n) is 8.14. The minimum Gasteiger partial charge on any atom is -0.292 e. The van der Waals surface area contributed by atoms with Crippen molar-refractivity contribution < 1.29 is 9.59 Å². The van der Waals surface area contributed by atoms with Gasteiger partial charge in [-0.2, -0.15) is 0 Å². The van der Waals surface area contributed by atoms with Crippen molar-refractivity contribution >= 4 is 34.8 Å². The molecule has 0 aliphatic rings. The number of Topliss-reactive ketones (excluding diaryl/α,β-unsaturated/α-hetero) is 2. The van der Waals surface area contributed by atoms with Crippen molar-refractivity contribution in [2.45, 2.75) is 10.8 Å². The molecule has 3 rings (SSSR count). The molecule has 0 aromatic heterocycles. The second kappa shape index (κ2) is 8.31. The summed E-state index contributed by atoms with van der Waals surface area (Å²) in [4.78, 5) is 24.9. The predicted molar refractivity (Wildman–Crippen MR) is 105 cm³/mol. The normalized spacial score (nSPS) is 13.0. The number of ketones is 2. The van der Waals surface area contributed by atoms with E-state index in [1.54, 1.807) is 72.8 Å². The Kier molecular flexibility index (Phi) is 5.87. The maximum atomic E-state index is 12.4. The quantitative estimate of drug-likeness (QED) is 0.386. The second-order valence-corrected chi connectivity index (χ2v) is 6.73. The van der Waals surface area contributed by atoms with Gasteiger partial charge < -0.3 is 0 Å². The topological polar surface area (TPSA) is 34.1 Å². The standard InChI is InChI=1S/C22H16Cl2O2/c23-19(21(25)17-7-3-1-4-8-17)15-11-13-16(14-12-15)20(24)22(26)18-9-5-2-6-10-18/h1-14,19-20H. The van der Waals surface area contributed by atoms with Gasteiger partial charge >= 0.3 is 0 Å². The van der Waals surface area contributed by atoms with E-state index in [1.807, 2.05) is 12.1 Å². The third-order valence-corrected chi connectivity index (χ3v) is 5.00. The Morgan fingerprint density at radius 2 is 0.846 bits per heavy atom. The lowest BCUT2D eigenvalue weighted by Gasteiger charge is -2.12. The van der Waals surface area contributed by atoms with Gasteiger partial charge in [-0.05, 0) is 11.1 Å². The van der Waals surface area contributed by atoms with Gasteiger partial charge in [0.25, 0.3) is 0 Å². The molecule has 2 nitrogen and oxygen atoms in total. The zero-order valence-electron chi connectivity index (χ0n) is 13.8. The summed E-state index contributed by atoms with van der Waals surface area (Å²) in [7, 11) is 0. The van der Waals surface area contributed by atoms with E-state index in [9.17, 15) is 9.59 Å². The molecule has 2 atom stereocenters. The average molecular weight is 383 g/mol. The van der Waals surface area contributed by atoms with Crippen LogP contribution >= 0.6 is 23.2 Å². The lowest BCUT2D eigenvalue weighted by molar-refractivity contribution is 0.0978. The summed E-state index contributed by atoms with van der Waals surface area (Å²) in [5, 5.41) is -1.57. The van der Waals surface area contributed by atoms with Crippen molar-refractivity contribution in [2.24, 2.45) is 0 Å². The molecule has 2 unspecified atom stereocenters. The van der Waals surface area contributed by atoms with Gasteiger partial charge in [-0.3, -0.25) is 9.59 Å². The van der Waals surface area contributed by atoms with Crippen molar-refractivity contribution in [2.75, 3.05) is 0 Å². The molecule has 130 valence electrons. The van der Waals surface area contributed by atoms with E-state index < -0.39 is 10.8 Å². The summed E-state index contributed by atoms with van der Waals surface area (Å²) in [5.41, 5.74) is 2.46. The molecule has 0 saturated heterocycles. The van der Waals surface area contributed by atoms with E-state index in [-0.39, 0.29) is 11.6 Å². The molecular formula is C22H16Cl2O2. The summed E-state index contributed by atoms with van der Waals surface area (Å²) in [6.45, 7) is 0. The fraction of sp³-hybridized carbons (Fsp3) is 0.0909. The lowest BCUT2D eigenvalue weighted by atomic mass is 9.98. The first-order valence-corrected chi connectivity index (χ1v) is 9.01. The Morgan fingerprint density at radius 3 is 1.15 bits per heavy atom. The summed E-state index contributed by atoms with van der Waals surface area (Å²) >= 11 is 12.7. The fourth-order valence-electron chi connectivity index (χ4n) is 2.63. The second-order valence-electron chi connectivity index (χ2n) is 5.85. The van der Waals surface area contributed by atoms with E-state index in [2.05, 4.69) is 0 Å². The number of hydrogen-bond acceptors (Lipinski definition) is 2. The van der Waals surface area contributed by atoms with Crippen molar-refractivity contribution in [1.29, 1.82) is 0 Å². The molecule has 26 heavy (non-hydrogen) atoms. The van der Waals surface area contributed by atoms with Crippen LogP contribution in [0.5, 0.6) is 0 Å². The van der Waals surface area contributed by atoms with Gasteiger partial charge in [0.1, 0.15) is 10.8 Å². The van der Waals surface area contributed by atoms with Gasteiger partial charge in [-0.15, -0.1) is 23.2 Å². The van der Waals surface area contributed by atoms with Crippen LogP contribution in [0.3, 0.4) is 0 Å². The first-order chi connectivity index (χ1) is 12.6. The molecule has 0 aliphatic heterocycles. The molecule has 3 aromatic carbocycles. The monoisotopic (exact) mass is 382 g/mol. The van der Waals surface area contributed by atoms with Crippen LogP contribution in [0.25, 0.3) is 0 Å². The molecule has 0 bridgehead atoms. The molecular weight excluding hydrogens is 367 g/mol. The van der Waals surface area contributed by atoms with Crippen LogP contribution in [0.1, 0.15) is 42.6 Å². The summed E-state index contributed by atoms with van der Waals surface area (Å²) < 4.78 is 0. The number of halogens is 2. The van der Waals surface area contributed by atoms with Crippen LogP contribution in [-0.2, 0) is 0 Å².